The molecule has 1 atom stereocenters. The van der Waals surface area contributed by atoms with E-state index in [1.807, 2.05) is 0 Å². The summed E-state index contributed by atoms with van der Waals surface area (Å²) in [4.78, 5) is 20.4. The number of carboxylic acid groups (broad SMARTS) is 1. The number of nitrogens with one attached hydrogen (secondary N) is 1. The lowest BCUT2D eigenvalue weighted by molar-refractivity contribution is -0.390. The van der Waals surface area contributed by atoms with Crippen LogP contribution in [0.5, 0.6) is 0 Å². The van der Waals surface area contributed by atoms with Crippen LogP contribution in [0.25, 0.3) is 0 Å². The summed E-state index contributed by atoms with van der Waals surface area (Å²) >= 11 is 0. The van der Waals surface area contributed by atoms with E-state index < -0.39 is 17.0 Å². The molecule has 1 heterocycles. The monoisotopic (exact) mass is 215 g/mol. The highest BCUT2D eigenvalue weighted by Crippen LogP contribution is 2.16. The lowest BCUT2D eigenvalue weighted by Crippen LogP contribution is -2.24. The zero-order chi connectivity index (χ0) is 11.4. The second kappa shape index (κ2) is 4.51. The number of H-pyrrole nitrogens is 1. The first-order valence-electron chi connectivity index (χ1n) is 3.98. The van der Waals surface area contributed by atoms with Gasteiger partial charge in [0, 0.05) is 13.5 Å². The molecule has 0 saturated heterocycles. The van der Waals surface area contributed by atoms with Crippen molar-refractivity contribution in [2.24, 2.45) is 0 Å². The number of hydrogen-bond acceptors (Lipinski definition) is 5. The number of aliphatic carboxylic acids is 1. The van der Waals surface area contributed by atoms with Crippen LogP contribution in [0.1, 0.15) is 5.56 Å². The summed E-state index contributed by atoms with van der Waals surface area (Å²) in [5, 5.41) is 24.8. The summed E-state index contributed by atoms with van der Waals surface area (Å²) in [5.41, 5.74) is 0.203. The molecule has 1 unspecified atom stereocenters. The fourth-order valence-electron chi connectivity index (χ4n) is 1.08. The summed E-state index contributed by atoms with van der Waals surface area (Å²) in [6.07, 6.45) is 0.00690. The number of aromatic nitrogens is 2. The average Bonchev–Trinajstić information content (AvgIpc) is 2.61. The third kappa shape index (κ3) is 2.50. The molecule has 15 heavy (non-hydrogen) atoms. The number of methoxy groups -OCH3 is 1. The summed E-state index contributed by atoms with van der Waals surface area (Å²) in [6.45, 7) is 0. The Morgan fingerprint density at radius 3 is 3.00 bits per heavy atom. The molecule has 0 spiro atoms. The molecular weight excluding hydrogens is 206 g/mol. The Morgan fingerprint density at radius 1 is 1.87 bits per heavy atom. The molecule has 0 fully saturated rings. The molecule has 0 radical (unpaired) electrons. The topological polar surface area (TPSA) is 118 Å². The smallest absolute Gasteiger partial charge is 0.345 e. The maximum Gasteiger partial charge on any atom is 0.345 e. The molecular formula is C7H9N3O5. The van der Waals surface area contributed by atoms with Gasteiger partial charge in [-0.15, -0.1) is 5.10 Å². The Balaban J connectivity index is 2.83. The van der Waals surface area contributed by atoms with Gasteiger partial charge in [-0.2, -0.15) is 0 Å². The van der Waals surface area contributed by atoms with Crippen LogP contribution in [0.2, 0.25) is 0 Å². The van der Waals surface area contributed by atoms with Crippen molar-refractivity contribution in [1.82, 2.24) is 10.2 Å². The minimum absolute atomic E-state index is 0.0986. The van der Waals surface area contributed by atoms with Crippen LogP contribution in [-0.2, 0) is 16.0 Å². The second-order valence-corrected chi connectivity index (χ2v) is 2.77. The Kier molecular flexibility index (Phi) is 3.34. The zero-order valence-electron chi connectivity index (χ0n) is 7.84. The number of carboxylic acids is 1. The lowest BCUT2D eigenvalue weighted by atomic mass is 10.1. The van der Waals surface area contributed by atoms with Crippen LogP contribution in [0, 0.1) is 10.1 Å². The van der Waals surface area contributed by atoms with Crippen LogP contribution in [0.4, 0.5) is 5.82 Å². The lowest BCUT2D eigenvalue weighted by Gasteiger charge is -2.07. The van der Waals surface area contributed by atoms with Crippen molar-refractivity contribution in [1.29, 1.82) is 0 Å². The fraction of sp³-hybridized carbons (Fsp3) is 0.429. The number of nitrogens with zero attached hydrogens (tertiary/aromatic N) is 2. The van der Waals surface area contributed by atoms with Crippen LogP contribution < -0.4 is 0 Å². The summed E-state index contributed by atoms with van der Waals surface area (Å²) in [7, 11) is 1.23. The number of rotatable bonds is 5. The standard InChI is InChI=1S/C7H9N3O5/c1-15-5(7(11)12)2-4-3-8-9-6(4)10(13)14/h3,5H,2H2,1H3,(H,8,9)(H,11,12). The predicted octanol–water partition coefficient (Wildman–Crippen LogP) is -0.0400. The van der Waals surface area contributed by atoms with Crippen molar-refractivity contribution in [2.45, 2.75) is 12.5 Å². The predicted molar refractivity (Wildman–Crippen MR) is 47.4 cm³/mol. The van der Waals surface area contributed by atoms with Crippen LogP contribution in [0.15, 0.2) is 6.20 Å². The van der Waals surface area contributed by atoms with Gasteiger partial charge < -0.3 is 20.0 Å². The van der Waals surface area contributed by atoms with Gasteiger partial charge in [-0.05, 0) is 4.92 Å². The summed E-state index contributed by atoms with van der Waals surface area (Å²) in [5.74, 6) is -1.48. The van der Waals surface area contributed by atoms with Crippen molar-refractivity contribution in [2.75, 3.05) is 7.11 Å². The molecule has 0 saturated carbocycles. The summed E-state index contributed by atoms with van der Waals surface area (Å²) in [6, 6.07) is 0. The van der Waals surface area contributed by atoms with E-state index in [2.05, 4.69) is 14.9 Å². The highest BCUT2D eigenvalue weighted by molar-refractivity contribution is 5.72. The van der Waals surface area contributed by atoms with Gasteiger partial charge in [0.15, 0.2) is 6.10 Å². The minimum atomic E-state index is -1.17. The molecule has 0 amide bonds. The second-order valence-electron chi connectivity index (χ2n) is 2.77. The Hall–Kier alpha value is -1.96. The van der Waals surface area contributed by atoms with E-state index in [-0.39, 0.29) is 17.8 Å². The first-order valence-corrected chi connectivity index (χ1v) is 3.98. The highest BCUT2D eigenvalue weighted by atomic mass is 16.6. The quantitative estimate of drug-likeness (QED) is 0.525. The van der Waals surface area contributed by atoms with Gasteiger partial charge in [0.25, 0.3) is 0 Å². The molecule has 0 aromatic carbocycles. The minimum Gasteiger partial charge on any atom is -0.479 e. The molecule has 8 nitrogen and oxygen atoms in total. The van der Waals surface area contributed by atoms with E-state index in [1.165, 1.54) is 13.3 Å². The SMILES string of the molecule is COC(Cc1cn[nH]c1[N+](=O)[O-])C(=O)O. The molecule has 82 valence electrons. The number of carbonyl (C=O) groups is 1. The molecule has 2 N–H and O–H groups in total. The van der Waals surface area contributed by atoms with E-state index in [9.17, 15) is 14.9 Å². The van der Waals surface area contributed by atoms with Crippen LogP contribution in [0.3, 0.4) is 0 Å². The number of hydrogen-bond donors (Lipinski definition) is 2. The van der Waals surface area contributed by atoms with Crippen molar-refractivity contribution in [3.63, 3.8) is 0 Å². The molecule has 1 aromatic rings. The Bertz CT molecular complexity index is 374. The van der Waals surface area contributed by atoms with Crippen molar-refractivity contribution in [3.8, 4) is 0 Å². The van der Waals surface area contributed by atoms with E-state index in [0.717, 1.165) is 0 Å². The molecule has 8 heteroatoms. The Labute approximate surface area is 84.0 Å². The molecule has 1 aromatic heterocycles. The van der Waals surface area contributed by atoms with Crippen LogP contribution in [-0.4, -0.2) is 39.4 Å². The van der Waals surface area contributed by atoms with Crippen LogP contribution >= 0.6 is 0 Å². The molecule has 0 aliphatic heterocycles. The first kappa shape index (κ1) is 11.1. The van der Waals surface area contributed by atoms with Gasteiger partial charge in [0.05, 0.1) is 11.8 Å². The number of nitro groups is 1. The normalized spacial score (nSPS) is 12.3. The van der Waals surface area contributed by atoms with Gasteiger partial charge in [-0.25, -0.2) is 4.79 Å². The number of aromatic amines is 1. The van der Waals surface area contributed by atoms with Gasteiger partial charge >= 0.3 is 11.8 Å². The number of ether oxygens (including phenoxy) is 1. The third-order valence-electron chi connectivity index (χ3n) is 1.84. The molecule has 0 bridgehead atoms. The zero-order valence-corrected chi connectivity index (χ0v) is 7.84. The largest absolute Gasteiger partial charge is 0.479 e. The Morgan fingerprint density at radius 2 is 2.53 bits per heavy atom. The van der Waals surface area contributed by atoms with Gasteiger partial charge in [-0.1, -0.05) is 5.10 Å². The average molecular weight is 215 g/mol. The van der Waals surface area contributed by atoms with Crippen molar-refractivity contribution >= 4 is 11.8 Å². The molecule has 1 rings (SSSR count). The fourth-order valence-corrected chi connectivity index (χ4v) is 1.08. The molecule has 0 aliphatic carbocycles. The van der Waals surface area contributed by atoms with E-state index in [4.69, 9.17) is 5.11 Å². The van der Waals surface area contributed by atoms with Gasteiger partial charge in [-0.3, -0.25) is 0 Å². The van der Waals surface area contributed by atoms with E-state index in [1.54, 1.807) is 0 Å². The van der Waals surface area contributed by atoms with Gasteiger partial charge in [0.1, 0.15) is 0 Å². The van der Waals surface area contributed by atoms with Gasteiger partial charge in [0.2, 0.25) is 0 Å². The molecule has 0 aliphatic rings. The summed E-state index contributed by atoms with van der Waals surface area (Å²) < 4.78 is 4.66. The highest BCUT2D eigenvalue weighted by Gasteiger charge is 2.23. The first-order chi connectivity index (χ1) is 7.06. The van der Waals surface area contributed by atoms with Crippen molar-refractivity contribution < 1.29 is 19.6 Å². The van der Waals surface area contributed by atoms with Crippen molar-refractivity contribution in [3.05, 3.63) is 21.9 Å². The third-order valence-corrected chi connectivity index (χ3v) is 1.84. The maximum atomic E-state index is 10.6. The van der Waals surface area contributed by atoms with E-state index >= 15 is 0 Å². The van der Waals surface area contributed by atoms with E-state index in [0.29, 0.717) is 0 Å². The maximum absolute atomic E-state index is 10.6.